The fraction of sp³-hybridized carbons (Fsp3) is 0.455. The number of nitrogens with two attached hydrogens (primary N) is 1. The minimum atomic E-state index is -0.424. The van der Waals surface area contributed by atoms with E-state index in [2.05, 4.69) is 33.0 Å². The normalized spacial score (nSPS) is 25.9. The Balaban J connectivity index is 2.11. The van der Waals surface area contributed by atoms with Gasteiger partial charge in [0.25, 0.3) is 0 Å². The van der Waals surface area contributed by atoms with Crippen molar-refractivity contribution in [2.24, 2.45) is 5.73 Å². The molecule has 1 heterocycles. The molecule has 0 spiro atoms. The van der Waals surface area contributed by atoms with Gasteiger partial charge in [0, 0.05) is 23.2 Å². The molecule has 1 aromatic carbocycles. The molecule has 1 atom stereocenters. The van der Waals surface area contributed by atoms with Crippen LogP contribution in [0.15, 0.2) is 28.7 Å². The van der Waals surface area contributed by atoms with Gasteiger partial charge in [-0.05, 0) is 30.7 Å². The zero-order chi connectivity index (χ0) is 10.9. The number of aliphatic hydroxyl groups excluding tert-OH is 1. The van der Waals surface area contributed by atoms with Crippen molar-refractivity contribution in [3.05, 3.63) is 28.7 Å². The van der Waals surface area contributed by atoms with E-state index < -0.39 is 5.54 Å². The number of hydrogen-bond acceptors (Lipinski definition) is 3. The molecule has 1 aliphatic heterocycles. The van der Waals surface area contributed by atoms with Crippen molar-refractivity contribution < 1.29 is 5.11 Å². The van der Waals surface area contributed by atoms with Gasteiger partial charge >= 0.3 is 0 Å². The van der Waals surface area contributed by atoms with Gasteiger partial charge in [-0.15, -0.1) is 0 Å². The predicted octanol–water partition coefficient (Wildman–Crippen LogP) is 1.35. The number of anilines is 1. The van der Waals surface area contributed by atoms with Gasteiger partial charge in [-0.3, -0.25) is 0 Å². The number of nitrogens with zero attached hydrogens (tertiary/aromatic N) is 1. The average Bonchev–Trinajstić information content (AvgIpc) is 2.63. The maximum absolute atomic E-state index is 9.17. The maximum atomic E-state index is 9.17. The fourth-order valence-corrected chi connectivity index (χ4v) is 2.16. The second-order valence-corrected chi connectivity index (χ2v) is 5.08. The highest BCUT2D eigenvalue weighted by Gasteiger charge is 2.33. The highest BCUT2D eigenvalue weighted by molar-refractivity contribution is 9.10. The van der Waals surface area contributed by atoms with Gasteiger partial charge in [-0.25, -0.2) is 0 Å². The number of rotatable bonds is 2. The molecule has 0 radical (unpaired) electrons. The van der Waals surface area contributed by atoms with Crippen LogP contribution in [0.5, 0.6) is 0 Å². The van der Waals surface area contributed by atoms with E-state index in [1.807, 2.05) is 12.1 Å². The van der Waals surface area contributed by atoms with Crippen LogP contribution in [0.25, 0.3) is 0 Å². The smallest absolute Gasteiger partial charge is 0.0629 e. The predicted molar refractivity (Wildman–Crippen MR) is 65.0 cm³/mol. The first-order chi connectivity index (χ1) is 7.13. The van der Waals surface area contributed by atoms with Gasteiger partial charge in [-0.2, -0.15) is 0 Å². The molecule has 3 N–H and O–H groups in total. The van der Waals surface area contributed by atoms with Gasteiger partial charge in [0.2, 0.25) is 0 Å². The molecule has 0 aromatic heterocycles. The second-order valence-electron chi connectivity index (χ2n) is 4.17. The molecular formula is C11H15BrN2O. The SMILES string of the molecule is NC1(CO)CCN(c2ccc(Br)cc2)C1. The molecule has 3 nitrogen and oxygen atoms in total. The van der Waals surface area contributed by atoms with Crippen molar-refractivity contribution in [2.45, 2.75) is 12.0 Å². The Morgan fingerprint density at radius 1 is 1.40 bits per heavy atom. The van der Waals surface area contributed by atoms with Crippen LogP contribution in [0.3, 0.4) is 0 Å². The zero-order valence-electron chi connectivity index (χ0n) is 8.49. The van der Waals surface area contributed by atoms with Crippen molar-refractivity contribution in [1.82, 2.24) is 0 Å². The van der Waals surface area contributed by atoms with Crippen LogP contribution >= 0.6 is 15.9 Å². The van der Waals surface area contributed by atoms with Gasteiger partial charge in [0.1, 0.15) is 0 Å². The topological polar surface area (TPSA) is 49.5 Å². The molecule has 1 fully saturated rings. The summed E-state index contributed by atoms with van der Waals surface area (Å²) in [5, 5.41) is 9.17. The van der Waals surface area contributed by atoms with Crippen molar-refractivity contribution in [2.75, 3.05) is 24.6 Å². The first kappa shape index (κ1) is 10.9. The van der Waals surface area contributed by atoms with Crippen molar-refractivity contribution in [1.29, 1.82) is 0 Å². The third-order valence-electron chi connectivity index (χ3n) is 2.89. The number of halogens is 1. The second kappa shape index (κ2) is 4.12. The molecule has 4 heteroatoms. The molecule has 82 valence electrons. The summed E-state index contributed by atoms with van der Waals surface area (Å²) >= 11 is 3.41. The minimum absolute atomic E-state index is 0.0556. The maximum Gasteiger partial charge on any atom is 0.0629 e. The van der Waals surface area contributed by atoms with E-state index in [0.29, 0.717) is 0 Å². The van der Waals surface area contributed by atoms with E-state index in [1.54, 1.807) is 0 Å². The highest BCUT2D eigenvalue weighted by atomic mass is 79.9. The summed E-state index contributed by atoms with van der Waals surface area (Å²) in [6.45, 7) is 1.70. The third kappa shape index (κ3) is 2.33. The van der Waals surface area contributed by atoms with Crippen molar-refractivity contribution in [3.8, 4) is 0 Å². The van der Waals surface area contributed by atoms with Crippen LogP contribution in [0.2, 0.25) is 0 Å². The van der Waals surface area contributed by atoms with Crippen LogP contribution in [0.1, 0.15) is 6.42 Å². The Morgan fingerprint density at radius 2 is 2.07 bits per heavy atom. The van der Waals surface area contributed by atoms with Crippen LogP contribution in [-0.2, 0) is 0 Å². The van der Waals surface area contributed by atoms with E-state index in [1.165, 1.54) is 5.69 Å². The van der Waals surface area contributed by atoms with Crippen molar-refractivity contribution >= 4 is 21.6 Å². The lowest BCUT2D eigenvalue weighted by molar-refractivity contribution is 0.210. The Hall–Kier alpha value is -0.580. The molecule has 1 aromatic rings. The molecule has 1 aliphatic rings. The fourth-order valence-electron chi connectivity index (χ4n) is 1.90. The summed E-state index contributed by atoms with van der Waals surface area (Å²) in [6, 6.07) is 8.16. The third-order valence-corrected chi connectivity index (χ3v) is 3.42. The molecular weight excluding hydrogens is 256 g/mol. The van der Waals surface area contributed by atoms with Crippen LogP contribution < -0.4 is 10.6 Å². The monoisotopic (exact) mass is 270 g/mol. The zero-order valence-corrected chi connectivity index (χ0v) is 10.1. The lowest BCUT2D eigenvalue weighted by Gasteiger charge is -2.23. The molecule has 0 bridgehead atoms. The first-order valence-corrected chi connectivity index (χ1v) is 5.82. The summed E-state index contributed by atoms with van der Waals surface area (Å²) in [6.07, 6.45) is 0.847. The Kier molecular flexibility index (Phi) is 3.00. The number of hydrogen-bond donors (Lipinski definition) is 2. The largest absolute Gasteiger partial charge is 0.394 e. The van der Waals surface area contributed by atoms with Crippen molar-refractivity contribution in [3.63, 3.8) is 0 Å². The van der Waals surface area contributed by atoms with E-state index in [9.17, 15) is 5.11 Å². The molecule has 1 saturated heterocycles. The molecule has 0 amide bonds. The van der Waals surface area contributed by atoms with Crippen LogP contribution in [-0.4, -0.2) is 30.3 Å². The lowest BCUT2D eigenvalue weighted by atomic mass is 10.0. The standard InChI is InChI=1S/C11H15BrN2O/c12-9-1-3-10(4-2-9)14-6-5-11(13,7-14)8-15/h1-4,15H,5-8,13H2. The Bertz CT molecular complexity index is 341. The molecule has 0 saturated carbocycles. The lowest BCUT2D eigenvalue weighted by Crippen LogP contribution is -2.46. The van der Waals surface area contributed by atoms with E-state index in [-0.39, 0.29) is 6.61 Å². The molecule has 15 heavy (non-hydrogen) atoms. The molecule has 0 aliphatic carbocycles. The minimum Gasteiger partial charge on any atom is -0.394 e. The van der Waals surface area contributed by atoms with Crippen LogP contribution in [0, 0.1) is 0 Å². The summed E-state index contributed by atoms with van der Waals surface area (Å²) in [4.78, 5) is 2.21. The van der Waals surface area contributed by atoms with Gasteiger partial charge in [0.05, 0.1) is 12.1 Å². The van der Waals surface area contributed by atoms with E-state index >= 15 is 0 Å². The summed E-state index contributed by atoms with van der Waals surface area (Å²) in [7, 11) is 0. The number of benzene rings is 1. The first-order valence-electron chi connectivity index (χ1n) is 5.03. The summed E-state index contributed by atoms with van der Waals surface area (Å²) in [5.41, 5.74) is 6.76. The summed E-state index contributed by atoms with van der Waals surface area (Å²) in [5.74, 6) is 0. The van der Waals surface area contributed by atoms with Gasteiger partial charge in [-0.1, -0.05) is 15.9 Å². The quantitative estimate of drug-likeness (QED) is 0.853. The highest BCUT2D eigenvalue weighted by Crippen LogP contribution is 2.26. The molecule has 2 rings (SSSR count). The molecule has 1 unspecified atom stereocenters. The average molecular weight is 271 g/mol. The Labute approximate surface area is 98.0 Å². The number of aliphatic hydroxyl groups is 1. The Morgan fingerprint density at radius 3 is 2.60 bits per heavy atom. The summed E-state index contributed by atoms with van der Waals surface area (Å²) < 4.78 is 1.08. The van der Waals surface area contributed by atoms with E-state index in [0.717, 1.165) is 24.0 Å². The van der Waals surface area contributed by atoms with Gasteiger partial charge in [0.15, 0.2) is 0 Å². The van der Waals surface area contributed by atoms with E-state index in [4.69, 9.17) is 5.73 Å². The van der Waals surface area contributed by atoms with Gasteiger partial charge < -0.3 is 15.7 Å². The van der Waals surface area contributed by atoms with Crippen LogP contribution in [0.4, 0.5) is 5.69 Å².